The maximum Gasteiger partial charge on any atom is 0.387 e. The minimum absolute atomic E-state index is 0.149. The van der Waals surface area contributed by atoms with Crippen molar-refractivity contribution in [2.45, 2.75) is 32.5 Å². The number of pyridine rings is 1. The smallest absolute Gasteiger partial charge is 0.387 e. The number of halogens is 4. The van der Waals surface area contributed by atoms with Gasteiger partial charge in [-0.05, 0) is 41.8 Å². The van der Waals surface area contributed by atoms with Crippen molar-refractivity contribution in [3.63, 3.8) is 0 Å². The number of aromatic nitrogens is 2. The lowest BCUT2D eigenvalue weighted by Crippen LogP contribution is -2.10. The van der Waals surface area contributed by atoms with Crippen LogP contribution in [0, 0.1) is 0 Å². The number of carbonyl (C=O) groups is 1. The average Bonchev–Trinajstić information content (AvgIpc) is 3.18. The SMILES string of the molecule is CC(=O)c1cnc(C(Cc2ccncc2)c2ccc(OC(F)F)c(OC(F)F)c2)s1. The Morgan fingerprint density at radius 1 is 1.03 bits per heavy atom. The molecule has 3 aromatic rings. The number of hydrogen-bond acceptors (Lipinski definition) is 6. The molecule has 1 atom stereocenters. The van der Waals surface area contributed by atoms with Crippen LogP contribution < -0.4 is 9.47 Å². The summed E-state index contributed by atoms with van der Waals surface area (Å²) < 4.78 is 59.5. The molecule has 0 saturated carbocycles. The molecule has 1 unspecified atom stereocenters. The molecule has 0 amide bonds. The van der Waals surface area contributed by atoms with E-state index in [1.54, 1.807) is 24.5 Å². The highest BCUT2D eigenvalue weighted by Gasteiger charge is 2.23. The van der Waals surface area contributed by atoms with Gasteiger partial charge in [0.05, 0.1) is 4.88 Å². The van der Waals surface area contributed by atoms with Crippen LogP contribution in [0.2, 0.25) is 0 Å². The molecule has 0 N–H and O–H groups in total. The van der Waals surface area contributed by atoms with Crippen molar-refractivity contribution in [2.75, 3.05) is 0 Å². The molecule has 3 rings (SSSR count). The lowest BCUT2D eigenvalue weighted by Gasteiger charge is -2.18. The van der Waals surface area contributed by atoms with Crippen LogP contribution in [0.4, 0.5) is 17.6 Å². The van der Waals surface area contributed by atoms with E-state index in [4.69, 9.17) is 0 Å². The van der Waals surface area contributed by atoms with Crippen molar-refractivity contribution in [3.8, 4) is 11.5 Å². The molecule has 30 heavy (non-hydrogen) atoms. The highest BCUT2D eigenvalue weighted by atomic mass is 32.1. The lowest BCUT2D eigenvalue weighted by molar-refractivity contribution is -0.0692. The monoisotopic (exact) mass is 440 g/mol. The molecule has 2 heterocycles. The van der Waals surface area contributed by atoms with Gasteiger partial charge in [0.15, 0.2) is 17.3 Å². The van der Waals surface area contributed by atoms with Crippen LogP contribution in [0.1, 0.15) is 38.6 Å². The van der Waals surface area contributed by atoms with Crippen LogP contribution in [0.15, 0.2) is 48.9 Å². The zero-order chi connectivity index (χ0) is 21.7. The van der Waals surface area contributed by atoms with Gasteiger partial charge in [0.1, 0.15) is 5.01 Å². The summed E-state index contributed by atoms with van der Waals surface area (Å²) in [4.78, 5) is 20.4. The first kappa shape index (κ1) is 21.7. The molecule has 0 aliphatic carbocycles. The number of benzene rings is 1. The maximum atomic E-state index is 12.8. The average molecular weight is 440 g/mol. The van der Waals surface area contributed by atoms with E-state index >= 15 is 0 Å². The summed E-state index contributed by atoms with van der Waals surface area (Å²) in [6.07, 6.45) is 5.09. The third kappa shape index (κ3) is 5.53. The first-order valence-corrected chi connectivity index (χ1v) is 9.54. The Hall–Kier alpha value is -3.01. The minimum atomic E-state index is -3.22. The molecule has 0 aliphatic heterocycles. The Balaban J connectivity index is 2.03. The molecule has 5 nitrogen and oxygen atoms in total. The number of nitrogens with zero attached hydrogens (tertiary/aromatic N) is 2. The zero-order valence-electron chi connectivity index (χ0n) is 15.6. The van der Waals surface area contributed by atoms with Gasteiger partial charge in [-0.15, -0.1) is 11.3 Å². The highest BCUT2D eigenvalue weighted by Crippen LogP contribution is 2.38. The third-order valence-corrected chi connectivity index (χ3v) is 5.37. The predicted octanol–water partition coefficient (Wildman–Crippen LogP) is 5.32. The third-order valence-electron chi connectivity index (χ3n) is 4.16. The molecular weight excluding hydrogens is 424 g/mol. The number of ketones is 1. The Morgan fingerprint density at radius 3 is 2.30 bits per heavy atom. The molecule has 0 aliphatic rings. The van der Waals surface area contributed by atoms with E-state index < -0.39 is 30.6 Å². The number of Topliss-reactive ketones (excluding diaryl/α,β-unsaturated/α-hetero) is 1. The molecule has 2 aromatic heterocycles. The summed E-state index contributed by atoms with van der Waals surface area (Å²) in [6, 6.07) is 7.44. The van der Waals surface area contributed by atoms with Gasteiger partial charge >= 0.3 is 13.2 Å². The van der Waals surface area contributed by atoms with E-state index in [1.807, 2.05) is 0 Å². The number of alkyl halides is 4. The second kappa shape index (κ2) is 9.66. The Labute approximate surface area is 173 Å². The molecule has 0 fully saturated rings. The molecule has 158 valence electrons. The normalized spacial score (nSPS) is 12.2. The van der Waals surface area contributed by atoms with E-state index in [2.05, 4.69) is 19.4 Å². The Bertz CT molecular complexity index is 999. The summed E-state index contributed by atoms with van der Waals surface area (Å²) in [7, 11) is 0. The second-order valence-electron chi connectivity index (χ2n) is 6.19. The van der Waals surface area contributed by atoms with E-state index in [1.165, 1.54) is 36.6 Å². The molecule has 0 saturated heterocycles. The number of ether oxygens (including phenoxy) is 2. The molecule has 0 bridgehead atoms. The van der Waals surface area contributed by atoms with Crippen molar-refractivity contribution in [2.24, 2.45) is 0 Å². The van der Waals surface area contributed by atoms with Crippen LogP contribution in [0.5, 0.6) is 11.5 Å². The summed E-state index contributed by atoms with van der Waals surface area (Å²) in [5.41, 5.74) is 1.38. The fourth-order valence-electron chi connectivity index (χ4n) is 2.84. The van der Waals surface area contributed by atoms with Gasteiger partial charge in [0, 0.05) is 31.4 Å². The van der Waals surface area contributed by atoms with Crippen molar-refractivity contribution in [1.82, 2.24) is 9.97 Å². The highest BCUT2D eigenvalue weighted by molar-refractivity contribution is 7.13. The van der Waals surface area contributed by atoms with Crippen molar-refractivity contribution in [3.05, 3.63) is 69.9 Å². The topological polar surface area (TPSA) is 61.3 Å². The van der Waals surface area contributed by atoms with Crippen LogP contribution in [0.3, 0.4) is 0 Å². The summed E-state index contributed by atoms with van der Waals surface area (Å²) in [6.45, 7) is -5.00. The van der Waals surface area contributed by atoms with Gasteiger partial charge < -0.3 is 9.47 Å². The molecule has 0 spiro atoms. The second-order valence-corrected chi connectivity index (χ2v) is 7.26. The van der Waals surface area contributed by atoms with E-state index in [-0.39, 0.29) is 5.78 Å². The van der Waals surface area contributed by atoms with Gasteiger partial charge in [-0.25, -0.2) is 4.98 Å². The number of thiazole rings is 1. The van der Waals surface area contributed by atoms with Crippen LogP contribution in [0.25, 0.3) is 0 Å². The van der Waals surface area contributed by atoms with Crippen molar-refractivity contribution in [1.29, 1.82) is 0 Å². The van der Waals surface area contributed by atoms with E-state index in [0.717, 1.165) is 11.6 Å². The summed E-state index contributed by atoms with van der Waals surface area (Å²) >= 11 is 1.18. The van der Waals surface area contributed by atoms with Crippen molar-refractivity contribution < 1.29 is 31.8 Å². The minimum Gasteiger partial charge on any atom is -0.431 e. The van der Waals surface area contributed by atoms with Crippen LogP contribution in [-0.2, 0) is 6.42 Å². The number of carbonyl (C=O) groups excluding carboxylic acids is 1. The van der Waals surface area contributed by atoms with Crippen LogP contribution in [-0.4, -0.2) is 29.0 Å². The summed E-state index contributed by atoms with van der Waals surface area (Å²) in [5.74, 6) is -1.60. The quantitative estimate of drug-likeness (QED) is 0.333. The van der Waals surface area contributed by atoms with Gasteiger partial charge in [-0.1, -0.05) is 6.07 Å². The predicted molar refractivity (Wildman–Crippen MR) is 102 cm³/mol. The molecule has 10 heteroatoms. The van der Waals surface area contributed by atoms with E-state index in [9.17, 15) is 22.4 Å². The number of hydrogen-bond donors (Lipinski definition) is 0. The van der Waals surface area contributed by atoms with Gasteiger partial charge in [-0.2, -0.15) is 17.6 Å². The number of rotatable bonds is 9. The van der Waals surface area contributed by atoms with Crippen LogP contribution >= 0.6 is 11.3 Å². The van der Waals surface area contributed by atoms with E-state index in [0.29, 0.717) is 21.9 Å². The Morgan fingerprint density at radius 2 is 1.70 bits per heavy atom. The fourth-order valence-corrected chi connectivity index (χ4v) is 3.78. The lowest BCUT2D eigenvalue weighted by atomic mass is 9.92. The largest absolute Gasteiger partial charge is 0.431 e. The first-order valence-electron chi connectivity index (χ1n) is 8.72. The summed E-state index contributed by atoms with van der Waals surface area (Å²) in [5, 5.41) is 0.572. The maximum absolute atomic E-state index is 12.8. The first-order chi connectivity index (χ1) is 14.3. The van der Waals surface area contributed by atoms with Gasteiger partial charge in [0.2, 0.25) is 0 Å². The van der Waals surface area contributed by atoms with Gasteiger partial charge in [-0.3, -0.25) is 9.78 Å². The standard InChI is InChI=1S/C20H16F4N2O3S/c1-11(27)17-10-26-18(30-17)14(8-12-4-6-25-7-5-12)13-2-3-15(28-19(21)22)16(9-13)29-20(23)24/h2-7,9-10,14,19-20H,8H2,1H3. The van der Waals surface area contributed by atoms with Crippen molar-refractivity contribution >= 4 is 17.1 Å². The molecule has 1 aromatic carbocycles. The molecular formula is C20H16F4N2O3S. The zero-order valence-corrected chi connectivity index (χ0v) is 16.4. The Kier molecular flexibility index (Phi) is 6.99. The molecule has 0 radical (unpaired) electrons. The fraction of sp³-hybridized carbons (Fsp3) is 0.250. The van der Waals surface area contributed by atoms with Gasteiger partial charge in [0.25, 0.3) is 0 Å².